The number of carbonyl (C=O) groups excluding carboxylic acids is 2. The van der Waals surface area contributed by atoms with Crippen LogP contribution in [0.1, 0.15) is 16.2 Å². The number of fused-ring (bicyclic) bond motifs is 1. The summed E-state index contributed by atoms with van der Waals surface area (Å²) in [5.41, 5.74) is 2.89. The zero-order chi connectivity index (χ0) is 19.5. The lowest BCUT2D eigenvalue weighted by Gasteiger charge is -2.07. The number of carbonyl (C=O) groups is 2. The Morgan fingerprint density at radius 3 is 2.54 bits per heavy atom. The van der Waals surface area contributed by atoms with Crippen LogP contribution in [-0.4, -0.2) is 21.1 Å². The average Bonchev–Trinajstić information content (AvgIpc) is 3.12. The minimum Gasteiger partial charge on any atom is -0.343 e. The van der Waals surface area contributed by atoms with E-state index in [1.807, 2.05) is 24.3 Å². The van der Waals surface area contributed by atoms with Crippen molar-refractivity contribution in [2.45, 2.75) is 6.54 Å². The van der Waals surface area contributed by atoms with Crippen LogP contribution >= 0.6 is 0 Å². The van der Waals surface area contributed by atoms with Crippen molar-refractivity contribution in [3.8, 4) is 11.1 Å². The first kappa shape index (κ1) is 17.6. The normalized spacial score (nSPS) is 10.8. The third-order valence-electron chi connectivity index (χ3n) is 4.41. The van der Waals surface area contributed by atoms with Crippen LogP contribution in [0.2, 0.25) is 0 Å². The van der Waals surface area contributed by atoms with Gasteiger partial charge in [-0.3, -0.25) is 14.6 Å². The lowest BCUT2D eigenvalue weighted by Crippen LogP contribution is -2.31. The molecule has 6 heteroatoms. The standard InChI is InChI=1S/C22H16FN3O2/c23-16-9-7-15(8-10-16)19-13-18-6-2-4-12-26(18)20(19)21(27)22(28)25-14-17-5-1-3-11-24-17/h1-13H,14H2,(H,25,28). The monoisotopic (exact) mass is 373 g/mol. The zero-order valence-electron chi connectivity index (χ0n) is 14.8. The van der Waals surface area contributed by atoms with Gasteiger partial charge in [-0.05, 0) is 48.0 Å². The molecule has 138 valence electrons. The second-order valence-corrected chi connectivity index (χ2v) is 6.24. The number of pyridine rings is 2. The Bertz CT molecular complexity index is 1150. The van der Waals surface area contributed by atoms with E-state index >= 15 is 0 Å². The predicted octanol–water partition coefficient (Wildman–Crippen LogP) is 3.64. The van der Waals surface area contributed by atoms with Gasteiger partial charge in [0.2, 0.25) is 0 Å². The molecule has 0 saturated carbocycles. The molecule has 0 fully saturated rings. The highest BCUT2D eigenvalue weighted by atomic mass is 19.1. The quantitative estimate of drug-likeness (QED) is 0.429. The number of halogens is 1. The van der Waals surface area contributed by atoms with Crippen LogP contribution in [0.25, 0.3) is 16.6 Å². The Morgan fingerprint density at radius 2 is 1.79 bits per heavy atom. The number of nitrogens with zero attached hydrogens (tertiary/aromatic N) is 2. The molecule has 0 spiro atoms. The number of rotatable bonds is 5. The minimum absolute atomic E-state index is 0.153. The van der Waals surface area contributed by atoms with Crippen molar-refractivity contribution in [1.29, 1.82) is 0 Å². The molecule has 0 saturated heterocycles. The first-order chi connectivity index (χ1) is 13.6. The molecular weight excluding hydrogens is 357 g/mol. The molecule has 3 aromatic heterocycles. The van der Waals surface area contributed by atoms with Crippen LogP contribution in [0.4, 0.5) is 4.39 Å². The minimum atomic E-state index is -0.724. The molecule has 1 amide bonds. The van der Waals surface area contributed by atoms with Crippen LogP contribution in [0, 0.1) is 5.82 Å². The predicted molar refractivity (Wildman–Crippen MR) is 103 cm³/mol. The van der Waals surface area contributed by atoms with Gasteiger partial charge in [0.15, 0.2) is 0 Å². The van der Waals surface area contributed by atoms with Gasteiger partial charge in [0.25, 0.3) is 11.7 Å². The van der Waals surface area contributed by atoms with Crippen LogP contribution < -0.4 is 5.32 Å². The number of aromatic nitrogens is 2. The average molecular weight is 373 g/mol. The molecule has 0 aliphatic heterocycles. The van der Waals surface area contributed by atoms with E-state index in [-0.39, 0.29) is 18.1 Å². The number of ketones is 1. The van der Waals surface area contributed by atoms with Crippen molar-refractivity contribution in [2.75, 3.05) is 0 Å². The van der Waals surface area contributed by atoms with Crippen molar-refractivity contribution < 1.29 is 14.0 Å². The van der Waals surface area contributed by atoms with E-state index in [0.717, 1.165) is 5.52 Å². The van der Waals surface area contributed by atoms with Gasteiger partial charge in [0.05, 0.1) is 12.2 Å². The molecule has 0 bridgehead atoms. The van der Waals surface area contributed by atoms with Gasteiger partial charge in [-0.1, -0.05) is 24.3 Å². The van der Waals surface area contributed by atoms with E-state index in [1.54, 1.807) is 47.1 Å². The lowest BCUT2D eigenvalue weighted by atomic mass is 10.0. The number of nitrogens with one attached hydrogen (secondary N) is 1. The number of Topliss-reactive ketones (excluding diaryl/α,β-unsaturated/α-hetero) is 1. The van der Waals surface area contributed by atoms with E-state index in [4.69, 9.17) is 0 Å². The van der Waals surface area contributed by atoms with Crippen molar-refractivity contribution in [3.05, 3.63) is 96.3 Å². The molecule has 5 nitrogen and oxygen atoms in total. The van der Waals surface area contributed by atoms with Gasteiger partial charge in [-0.25, -0.2) is 4.39 Å². The molecule has 3 heterocycles. The fraction of sp³-hybridized carbons (Fsp3) is 0.0455. The molecule has 0 unspecified atom stereocenters. The van der Waals surface area contributed by atoms with Crippen LogP contribution in [0.15, 0.2) is 79.1 Å². The molecule has 4 aromatic rings. The maximum absolute atomic E-state index is 13.3. The van der Waals surface area contributed by atoms with E-state index < -0.39 is 11.7 Å². The van der Waals surface area contributed by atoms with Gasteiger partial charge in [-0.15, -0.1) is 0 Å². The Balaban J connectivity index is 1.70. The highest BCUT2D eigenvalue weighted by molar-refractivity contribution is 6.43. The van der Waals surface area contributed by atoms with E-state index in [9.17, 15) is 14.0 Å². The summed E-state index contributed by atoms with van der Waals surface area (Å²) in [7, 11) is 0. The zero-order valence-corrected chi connectivity index (χ0v) is 14.8. The summed E-state index contributed by atoms with van der Waals surface area (Å²) in [5.74, 6) is -1.76. The van der Waals surface area contributed by atoms with E-state index in [2.05, 4.69) is 10.3 Å². The highest BCUT2D eigenvalue weighted by Crippen LogP contribution is 2.28. The molecule has 1 aromatic carbocycles. The summed E-state index contributed by atoms with van der Waals surface area (Å²) in [4.78, 5) is 29.6. The smallest absolute Gasteiger partial charge is 0.294 e. The van der Waals surface area contributed by atoms with Gasteiger partial charge >= 0.3 is 0 Å². The van der Waals surface area contributed by atoms with Crippen LogP contribution in [0.5, 0.6) is 0 Å². The van der Waals surface area contributed by atoms with Gasteiger partial charge in [-0.2, -0.15) is 0 Å². The lowest BCUT2D eigenvalue weighted by molar-refractivity contribution is -0.117. The maximum atomic E-state index is 13.3. The fourth-order valence-corrected chi connectivity index (χ4v) is 3.07. The molecule has 0 atom stereocenters. The first-order valence-corrected chi connectivity index (χ1v) is 8.72. The summed E-state index contributed by atoms with van der Waals surface area (Å²) in [6.07, 6.45) is 3.35. The molecule has 0 aliphatic rings. The van der Waals surface area contributed by atoms with E-state index in [0.29, 0.717) is 16.8 Å². The fourth-order valence-electron chi connectivity index (χ4n) is 3.07. The Hall–Kier alpha value is -3.80. The molecular formula is C22H16FN3O2. The first-order valence-electron chi connectivity index (χ1n) is 8.72. The Labute approximate surface area is 160 Å². The number of hydrogen-bond donors (Lipinski definition) is 1. The van der Waals surface area contributed by atoms with Crippen molar-refractivity contribution in [2.24, 2.45) is 0 Å². The number of hydrogen-bond acceptors (Lipinski definition) is 3. The third kappa shape index (κ3) is 3.40. The van der Waals surface area contributed by atoms with Gasteiger partial charge < -0.3 is 9.72 Å². The second-order valence-electron chi connectivity index (χ2n) is 6.24. The summed E-state index contributed by atoms with van der Waals surface area (Å²) in [5, 5.41) is 2.62. The SMILES string of the molecule is O=C(NCc1ccccn1)C(=O)c1c(-c2ccc(F)cc2)cc2ccccn12. The second kappa shape index (κ2) is 7.44. The van der Waals surface area contributed by atoms with Crippen molar-refractivity contribution in [3.63, 3.8) is 0 Å². The van der Waals surface area contributed by atoms with Gasteiger partial charge in [0, 0.05) is 23.5 Å². The van der Waals surface area contributed by atoms with Gasteiger partial charge in [0.1, 0.15) is 11.5 Å². The molecule has 1 N–H and O–H groups in total. The third-order valence-corrected chi connectivity index (χ3v) is 4.41. The Morgan fingerprint density at radius 1 is 1.00 bits per heavy atom. The highest BCUT2D eigenvalue weighted by Gasteiger charge is 2.24. The summed E-state index contributed by atoms with van der Waals surface area (Å²) in [6, 6.07) is 18.5. The van der Waals surface area contributed by atoms with Crippen molar-refractivity contribution in [1.82, 2.24) is 14.7 Å². The summed E-state index contributed by atoms with van der Waals surface area (Å²) < 4.78 is 15.0. The topological polar surface area (TPSA) is 63.5 Å². The number of amides is 1. The number of benzene rings is 1. The van der Waals surface area contributed by atoms with Crippen LogP contribution in [-0.2, 0) is 11.3 Å². The molecule has 28 heavy (non-hydrogen) atoms. The Kier molecular flexibility index (Phi) is 4.68. The summed E-state index contributed by atoms with van der Waals surface area (Å²) in [6.45, 7) is 0.153. The van der Waals surface area contributed by atoms with Crippen molar-refractivity contribution >= 4 is 17.2 Å². The maximum Gasteiger partial charge on any atom is 0.294 e. The summed E-state index contributed by atoms with van der Waals surface area (Å²) >= 11 is 0. The van der Waals surface area contributed by atoms with Crippen LogP contribution in [0.3, 0.4) is 0 Å². The molecule has 0 aliphatic carbocycles. The van der Waals surface area contributed by atoms with E-state index in [1.165, 1.54) is 12.1 Å². The molecule has 4 rings (SSSR count). The largest absolute Gasteiger partial charge is 0.343 e. The molecule has 0 radical (unpaired) electrons.